The normalized spacial score (nSPS) is 20.7. The molecular formula is C18H23N5O3. The van der Waals surface area contributed by atoms with Crippen LogP contribution in [-0.4, -0.2) is 65.2 Å². The van der Waals surface area contributed by atoms with Crippen LogP contribution in [0.4, 0.5) is 5.95 Å². The molecule has 26 heavy (non-hydrogen) atoms. The fourth-order valence-corrected chi connectivity index (χ4v) is 3.84. The summed E-state index contributed by atoms with van der Waals surface area (Å²) in [4.78, 5) is 32.9. The quantitative estimate of drug-likeness (QED) is 0.863. The third-order valence-electron chi connectivity index (χ3n) is 5.24. The summed E-state index contributed by atoms with van der Waals surface area (Å²) >= 11 is 0. The Balaban J connectivity index is 1.65. The van der Waals surface area contributed by atoms with Crippen molar-refractivity contribution in [3.05, 3.63) is 23.8 Å². The zero-order chi connectivity index (χ0) is 18.3. The fourth-order valence-electron chi connectivity index (χ4n) is 3.84. The maximum absolute atomic E-state index is 12.9. The molecule has 2 saturated heterocycles. The van der Waals surface area contributed by atoms with Gasteiger partial charge in [0.1, 0.15) is 6.04 Å². The van der Waals surface area contributed by atoms with Gasteiger partial charge < -0.3 is 24.8 Å². The molecule has 1 aromatic carbocycles. The summed E-state index contributed by atoms with van der Waals surface area (Å²) in [6, 6.07) is 5.00. The van der Waals surface area contributed by atoms with E-state index in [0.29, 0.717) is 31.7 Å². The van der Waals surface area contributed by atoms with E-state index < -0.39 is 11.9 Å². The minimum atomic E-state index is -0.508. The molecule has 0 aliphatic carbocycles. The van der Waals surface area contributed by atoms with Gasteiger partial charge in [0.2, 0.25) is 11.9 Å². The number of likely N-dealkylation sites (tertiary alicyclic amines) is 1. The molecule has 0 radical (unpaired) electrons. The van der Waals surface area contributed by atoms with Gasteiger partial charge in [-0.3, -0.25) is 9.59 Å². The van der Waals surface area contributed by atoms with E-state index in [0.717, 1.165) is 36.5 Å². The molecule has 2 aliphatic heterocycles. The second kappa shape index (κ2) is 6.60. The third-order valence-corrected chi connectivity index (χ3v) is 5.24. The lowest BCUT2D eigenvalue weighted by Gasteiger charge is -2.27. The monoisotopic (exact) mass is 357 g/mol. The molecule has 1 atom stereocenters. The van der Waals surface area contributed by atoms with Crippen molar-refractivity contribution in [2.45, 2.75) is 18.9 Å². The number of amides is 2. The average Bonchev–Trinajstić information content (AvgIpc) is 3.27. The van der Waals surface area contributed by atoms with E-state index in [9.17, 15) is 9.59 Å². The Morgan fingerprint density at radius 3 is 2.73 bits per heavy atom. The zero-order valence-corrected chi connectivity index (χ0v) is 14.9. The molecule has 2 N–H and O–H groups in total. The lowest BCUT2D eigenvalue weighted by molar-refractivity contribution is -0.121. The van der Waals surface area contributed by atoms with Gasteiger partial charge >= 0.3 is 0 Å². The first kappa shape index (κ1) is 16.8. The van der Waals surface area contributed by atoms with Gasteiger partial charge in [0, 0.05) is 32.2 Å². The first-order valence-electron chi connectivity index (χ1n) is 8.95. The number of carbonyl (C=O) groups is 2. The molecular weight excluding hydrogens is 334 g/mol. The second-order valence-electron chi connectivity index (χ2n) is 6.83. The third kappa shape index (κ3) is 2.80. The van der Waals surface area contributed by atoms with Crippen molar-refractivity contribution >= 4 is 28.8 Å². The van der Waals surface area contributed by atoms with Gasteiger partial charge in [0.15, 0.2) is 0 Å². The maximum atomic E-state index is 12.9. The summed E-state index contributed by atoms with van der Waals surface area (Å²) in [5.41, 5.74) is 7.72. The van der Waals surface area contributed by atoms with Gasteiger partial charge in [-0.2, -0.15) is 0 Å². The first-order valence-corrected chi connectivity index (χ1v) is 8.95. The minimum Gasteiger partial charge on any atom is -0.378 e. The van der Waals surface area contributed by atoms with Crippen LogP contribution in [0.25, 0.3) is 11.0 Å². The standard InChI is InChI=1S/C18H23N5O3/c1-21-14-5-4-12(17(25)23-6-2-3-15(23)16(19)24)11-13(14)20-18(21)22-7-9-26-10-8-22/h4-5,11,15H,2-3,6-10H2,1H3,(H2,19,24)/t15-/m0/s1. The van der Waals surface area contributed by atoms with Crippen LogP contribution >= 0.6 is 0 Å². The van der Waals surface area contributed by atoms with Gasteiger partial charge in [-0.25, -0.2) is 4.98 Å². The fraction of sp³-hybridized carbons (Fsp3) is 0.500. The number of fused-ring (bicyclic) bond motifs is 1. The number of anilines is 1. The largest absolute Gasteiger partial charge is 0.378 e. The number of hydrogen-bond donors (Lipinski definition) is 1. The van der Waals surface area contributed by atoms with E-state index in [1.165, 1.54) is 0 Å². The molecule has 138 valence electrons. The number of morpholine rings is 1. The topological polar surface area (TPSA) is 93.7 Å². The number of hydrogen-bond acceptors (Lipinski definition) is 5. The molecule has 2 amide bonds. The molecule has 0 spiro atoms. The molecule has 1 aromatic heterocycles. The number of aromatic nitrogens is 2. The van der Waals surface area contributed by atoms with Crippen molar-refractivity contribution in [1.29, 1.82) is 0 Å². The van der Waals surface area contributed by atoms with Gasteiger partial charge in [0.25, 0.3) is 5.91 Å². The molecule has 8 nitrogen and oxygen atoms in total. The Hall–Kier alpha value is -2.61. The summed E-state index contributed by atoms with van der Waals surface area (Å²) in [5, 5.41) is 0. The molecule has 0 unspecified atom stereocenters. The molecule has 8 heteroatoms. The van der Waals surface area contributed by atoms with Crippen LogP contribution in [0.3, 0.4) is 0 Å². The van der Waals surface area contributed by atoms with Crippen LogP contribution in [0.15, 0.2) is 18.2 Å². The predicted octanol–water partition coefficient (Wildman–Crippen LogP) is 0.500. The van der Waals surface area contributed by atoms with Crippen molar-refractivity contribution < 1.29 is 14.3 Å². The molecule has 4 rings (SSSR count). The van der Waals surface area contributed by atoms with Gasteiger partial charge in [0.05, 0.1) is 24.2 Å². The molecule has 3 heterocycles. The Bertz CT molecular complexity index is 856. The predicted molar refractivity (Wildman–Crippen MR) is 97.0 cm³/mol. The molecule has 2 fully saturated rings. The Morgan fingerprint density at radius 1 is 1.23 bits per heavy atom. The van der Waals surface area contributed by atoms with E-state index >= 15 is 0 Å². The number of ether oxygens (including phenoxy) is 1. The van der Waals surface area contributed by atoms with Crippen LogP contribution in [0.1, 0.15) is 23.2 Å². The van der Waals surface area contributed by atoms with E-state index in [4.69, 9.17) is 15.5 Å². The number of imidazole rings is 1. The smallest absolute Gasteiger partial charge is 0.254 e. The Morgan fingerprint density at radius 2 is 2.00 bits per heavy atom. The maximum Gasteiger partial charge on any atom is 0.254 e. The van der Waals surface area contributed by atoms with E-state index in [-0.39, 0.29) is 5.91 Å². The molecule has 0 bridgehead atoms. The lowest BCUT2D eigenvalue weighted by atomic mass is 10.1. The highest BCUT2D eigenvalue weighted by molar-refractivity contribution is 6.00. The van der Waals surface area contributed by atoms with E-state index in [1.807, 2.05) is 17.7 Å². The first-order chi connectivity index (χ1) is 12.6. The minimum absolute atomic E-state index is 0.160. The number of nitrogens with zero attached hydrogens (tertiary/aromatic N) is 4. The Labute approximate surface area is 151 Å². The number of nitrogens with two attached hydrogens (primary N) is 1. The van der Waals surface area contributed by atoms with Crippen LogP contribution in [0, 0.1) is 0 Å². The summed E-state index contributed by atoms with van der Waals surface area (Å²) in [5.74, 6) is 0.278. The zero-order valence-electron chi connectivity index (χ0n) is 14.9. The van der Waals surface area contributed by atoms with Crippen molar-refractivity contribution in [2.24, 2.45) is 12.8 Å². The van der Waals surface area contributed by atoms with Crippen LogP contribution in [0.2, 0.25) is 0 Å². The summed E-state index contributed by atoms with van der Waals surface area (Å²) in [7, 11) is 1.98. The Kier molecular flexibility index (Phi) is 4.28. The summed E-state index contributed by atoms with van der Waals surface area (Å²) in [6.45, 7) is 3.55. The van der Waals surface area contributed by atoms with Crippen LogP contribution in [-0.2, 0) is 16.6 Å². The van der Waals surface area contributed by atoms with Crippen LogP contribution < -0.4 is 10.6 Å². The van der Waals surface area contributed by atoms with Crippen molar-refractivity contribution in [1.82, 2.24) is 14.5 Å². The highest BCUT2D eigenvalue weighted by Crippen LogP contribution is 2.25. The van der Waals surface area contributed by atoms with Crippen molar-refractivity contribution in [3.8, 4) is 0 Å². The number of primary amides is 1. The lowest BCUT2D eigenvalue weighted by Crippen LogP contribution is -2.43. The van der Waals surface area contributed by atoms with Crippen molar-refractivity contribution in [3.63, 3.8) is 0 Å². The van der Waals surface area contributed by atoms with E-state index in [2.05, 4.69) is 4.90 Å². The highest BCUT2D eigenvalue weighted by atomic mass is 16.5. The molecule has 2 aliphatic rings. The van der Waals surface area contributed by atoms with E-state index in [1.54, 1.807) is 17.0 Å². The summed E-state index contributed by atoms with van der Waals surface area (Å²) < 4.78 is 7.44. The number of aryl methyl sites for hydroxylation is 1. The molecule has 0 saturated carbocycles. The highest BCUT2D eigenvalue weighted by Gasteiger charge is 2.33. The van der Waals surface area contributed by atoms with Crippen LogP contribution in [0.5, 0.6) is 0 Å². The SMILES string of the molecule is Cn1c(N2CCOCC2)nc2cc(C(=O)N3CCC[C@H]3C(N)=O)ccc21. The van der Waals surface area contributed by atoms with Gasteiger partial charge in [-0.05, 0) is 31.0 Å². The number of benzene rings is 1. The molecule has 2 aromatic rings. The van der Waals surface area contributed by atoms with Crippen molar-refractivity contribution in [2.75, 3.05) is 37.7 Å². The number of carbonyl (C=O) groups excluding carboxylic acids is 2. The second-order valence-corrected chi connectivity index (χ2v) is 6.83. The van der Waals surface area contributed by atoms with Gasteiger partial charge in [-0.15, -0.1) is 0 Å². The van der Waals surface area contributed by atoms with Gasteiger partial charge in [-0.1, -0.05) is 0 Å². The summed E-state index contributed by atoms with van der Waals surface area (Å²) in [6.07, 6.45) is 1.43. The number of rotatable bonds is 3. The average molecular weight is 357 g/mol.